The summed E-state index contributed by atoms with van der Waals surface area (Å²) in [6, 6.07) is -1.01. The van der Waals surface area contributed by atoms with E-state index in [2.05, 4.69) is 24.5 Å². The van der Waals surface area contributed by atoms with Gasteiger partial charge in [-0.15, -0.1) is 0 Å². The Balaban J connectivity index is 2.49. The fourth-order valence-electron chi connectivity index (χ4n) is 5.21. The number of hydrogen-bond donors (Lipinski definition) is 6. The topological polar surface area (TPSA) is 158 Å². The van der Waals surface area contributed by atoms with Gasteiger partial charge in [-0.1, -0.05) is 117 Å². The minimum atomic E-state index is -1.58. The molecule has 0 radical (unpaired) electrons. The summed E-state index contributed by atoms with van der Waals surface area (Å²) < 4.78 is 11.0. The van der Waals surface area contributed by atoms with Crippen molar-refractivity contribution in [2.75, 3.05) is 19.8 Å². The van der Waals surface area contributed by atoms with Crippen LogP contribution in [0, 0.1) is 0 Å². The summed E-state index contributed by atoms with van der Waals surface area (Å²) in [4.78, 5) is 25.7. The minimum Gasteiger partial charge on any atom is -0.394 e. The van der Waals surface area contributed by atoms with E-state index in [1.807, 2.05) is 0 Å². The van der Waals surface area contributed by atoms with Crippen LogP contribution in [0.15, 0.2) is 0 Å². The molecule has 0 spiro atoms. The van der Waals surface area contributed by atoms with Crippen molar-refractivity contribution in [3.8, 4) is 0 Å². The van der Waals surface area contributed by atoms with E-state index in [4.69, 9.17) is 9.47 Å². The normalized spacial score (nSPS) is 23.0. The molecule has 0 aliphatic carbocycles. The quantitative estimate of drug-likeness (QED) is 0.0815. The van der Waals surface area contributed by atoms with E-state index in [1.165, 1.54) is 77.0 Å². The van der Waals surface area contributed by atoms with E-state index >= 15 is 0 Å². The van der Waals surface area contributed by atoms with E-state index in [0.717, 1.165) is 38.5 Å². The zero-order chi connectivity index (χ0) is 31.0. The van der Waals surface area contributed by atoms with Crippen molar-refractivity contribution in [1.29, 1.82) is 0 Å². The van der Waals surface area contributed by atoms with E-state index in [-0.39, 0.29) is 18.4 Å². The largest absolute Gasteiger partial charge is 0.394 e. The highest BCUT2D eigenvalue weighted by molar-refractivity contribution is 5.87. The molecule has 0 saturated carbocycles. The lowest BCUT2D eigenvalue weighted by Crippen LogP contribution is -2.60. The number of amides is 2. The molecule has 1 aliphatic heterocycles. The first-order chi connectivity index (χ1) is 20.3. The van der Waals surface area contributed by atoms with Crippen molar-refractivity contribution in [3.63, 3.8) is 0 Å². The third-order valence-corrected chi connectivity index (χ3v) is 8.01. The predicted octanol–water partition coefficient (Wildman–Crippen LogP) is 3.86. The van der Waals surface area contributed by atoms with Gasteiger partial charge in [-0.3, -0.25) is 9.59 Å². The third-order valence-electron chi connectivity index (χ3n) is 8.01. The molecule has 42 heavy (non-hydrogen) atoms. The Morgan fingerprint density at radius 2 is 1.21 bits per heavy atom. The summed E-state index contributed by atoms with van der Waals surface area (Å²) in [5.74, 6) is -0.641. The molecule has 1 aliphatic rings. The van der Waals surface area contributed by atoms with Crippen molar-refractivity contribution in [1.82, 2.24) is 10.6 Å². The van der Waals surface area contributed by atoms with E-state index < -0.39 is 43.4 Å². The number of carbonyl (C=O) groups is 2. The number of rotatable bonds is 26. The maximum absolute atomic E-state index is 13.0. The monoisotopic (exact) mass is 602 g/mol. The summed E-state index contributed by atoms with van der Waals surface area (Å²) in [5.41, 5.74) is 0. The van der Waals surface area contributed by atoms with E-state index in [1.54, 1.807) is 0 Å². The van der Waals surface area contributed by atoms with Crippen LogP contribution in [-0.2, 0) is 19.1 Å². The lowest BCUT2D eigenvalue weighted by Gasteiger charge is -2.39. The van der Waals surface area contributed by atoms with Gasteiger partial charge in [0.15, 0.2) is 6.29 Å². The molecule has 6 N–H and O–H groups in total. The van der Waals surface area contributed by atoms with Gasteiger partial charge in [0.05, 0.1) is 13.2 Å². The smallest absolute Gasteiger partial charge is 0.244 e. The first-order valence-corrected chi connectivity index (χ1v) is 16.8. The summed E-state index contributed by atoms with van der Waals surface area (Å²) in [6.07, 6.45) is 13.9. The second kappa shape index (κ2) is 25.1. The van der Waals surface area contributed by atoms with Gasteiger partial charge in [0, 0.05) is 13.0 Å². The van der Waals surface area contributed by atoms with Gasteiger partial charge >= 0.3 is 0 Å². The molecule has 0 aromatic carbocycles. The van der Waals surface area contributed by atoms with Gasteiger partial charge < -0.3 is 40.5 Å². The molecule has 1 heterocycles. The lowest BCUT2D eigenvalue weighted by molar-refractivity contribution is -0.301. The van der Waals surface area contributed by atoms with E-state index in [0.29, 0.717) is 13.0 Å². The molecule has 0 aromatic rings. The SMILES string of the molecule is CCCCCCCCCCCNC(=O)[C@H](CO[C@H]1O[C@H](CO)[C@@H](O)[C@H](O)[C@@H]1O)NC(=O)CCCCCCCCCCC. The highest BCUT2D eigenvalue weighted by Gasteiger charge is 2.44. The van der Waals surface area contributed by atoms with Crippen molar-refractivity contribution in [2.24, 2.45) is 0 Å². The van der Waals surface area contributed by atoms with Gasteiger partial charge in [-0.25, -0.2) is 0 Å². The molecular formula is C32H62N2O8. The average Bonchev–Trinajstić information content (AvgIpc) is 2.98. The number of carbonyl (C=O) groups excluding carboxylic acids is 2. The van der Waals surface area contributed by atoms with Crippen LogP contribution in [-0.4, -0.2) is 88.7 Å². The molecule has 0 unspecified atom stereocenters. The zero-order valence-corrected chi connectivity index (χ0v) is 26.4. The predicted molar refractivity (Wildman–Crippen MR) is 164 cm³/mol. The number of unbranched alkanes of at least 4 members (excludes halogenated alkanes) is 16. The van der Waals surface area contributed by atoms with Gasteiger partial charge in [-0.2, -0.15) is 0 Å². The Bertz CT molecular complexity index is 681. The highest BCUT2D eigenvalue weighted by Crippen LogP contribution is 2.22. The van der Waals surface area contributed by atoms with Crippen LogP contribution in [0.3, 0.4) is 0 Å². The zero-order valence-electron chi connectivity index (χ0n) is 26.4. The summed E-state index contributed by atoms with van der Waals surface area (Å²) >= 11 is 0. The highest BCUT2D eigenvalue weighted by atomic mass is 16.7. The maximum atomic E-state index is 13.0. The second-order valence-electron chi connectivity index (χ2n) is 11.8. The Hall–Kier alpha value is -1.30. The third kappa shape index (κ3) is 17.1. The Morgan fingerprint density at radius 3 is 1.74 bits per heavy atom. The fourth-order valence-corrected chi connectivity index (χ4v) is 5.21. The lowest BCUT2D eigenvalue weighted by atomic mass is 9.99. The number of aliphatic hydroxyl groups excluding tert-OH is 4. The first kappa shape index (κ1) is 38.7. The van der Waals surface area contributed by atoms with Crippen LogP contribution in [0.25, 0.3) is 0 Å². The molecular weight excluding hydrogens is 540 g/mol. The van der Waals surface area contributed by atoms with Crippen LogP contribution in [0.5, 0.6) is 0 Å². The van der Waals surface area contributed by atoms with Crippen molar-refractivity contribution < 1.29 is 39.5 Å². The summed E-state index contributed by atoms with van der Waals surface area (Å²) in [5, 5.41) is 45.4. The van der Waals surface area contributed by atoms with E-state index in [9.17, 15) is 30.0 Å². The van der Waals surface area contributed by atoms with Gasteiger partial charge in [0.2, 0.25) is 11.8 Å². The number of aliphatic hydroxyl groups is 4. The van der Waals surface area contributed by atoms with Gasteiger partial charge in [0.25, 0.3) is 0 Å². The molecule has 10 heteroatoms. The number of nitrogens with one attached hydrogen (secondary N) is 2. The molecule has 0 aromatic heterocycles. The van der Waals surface area contributed by atoms with Crippen LogP contribution >= 0.6 is 0 Å². The molecule has 1 rings (SSSR count). The molecule has 248 valence electrons. The first-order valence-electron chi connectivity index (χ1n) is 16.8. The molecule has 6 atom stereocenters. The minimum absolute atomic E-state index is 0.251. The Kier molecular flexibility index (Phi) is 23.1. The molecule has 2 amide bonds. The second-order valence-corrected chi connectivity index (χ2v) is 11.8. The van der Waals surface area contributed by atoms with Crippen molar-refractivity contribution in [3.05, 3.63) is 0 Å². The Morgan fingerprint density at radius 1 is 0.714 bits per heavy atom. The summed E-state index contributed by atoms with van der Waals surface area (Å²) in [6.45, 7) is 4.03. The Labute approximate surface area is 254 Å². The molecule has 0 bridgehead atoms. The molecule has 1 saturated heterocycles. The van der Waals surface area contributed by atoms with Gasteiger partial charge in [-0.05, 0) is 12.8 Å². The summed E-state index contributed by atoms with van der Waals surface area (Å²) in [7, 11) is 0. The number of hydrogen-bond acceptors (Lipinski definition) is 8. The average molecular weight is 603 g/mol. The molecule has 1 fully saturated rings. The molecule has 10 nitrogen and oxygen atoms in total. The number of ether oxygens (including phenoxy) is 2. The standard InChI is InChI=1S/C32H62N2O8/c1-3-5-7-9-11-13-15-17-19-21-27(36)34-25(24-41-32-30(39)29(38)28(37)26(23-35)42-32)31(40)33-22-20-18-16-14-12-10-8-6-4-2/h25-26,28-30,32,35,37-39H,3-24H2,1-2H3,(H,33,40)(H,34,36)/t25-,26+,28+,29-,30-,32-/m0/s1. The van der Waals surface area contributed by atoms with Crippen LogP contribution in [0.1, 0.15) is 136 Å². The van der Waals surface area contributed by atoms with Crippen LogP contribution in [0.4, 0.5) is 0 Å². The maximum Gasteiger partial charge on any atom is 0.244 e. The van der Waals surface area contributed by atoms with Crippen LogP contribution < -0.4 is 10.6 Å². The fraction of sp³-hybridized carbons (Fsp3) is 0.938. The van der Waals surface area contributed by atoms with Crippen molar-refractivity contribution >= 4 is 11.8 Å². The van der Waals surface area contributed by atoms with Crippen molar-refractivity contribution in [2.45, 2.75) is 173 Å². The van der Waals surface area contributed by atoms with Gasteiger partial charge in [0.1, 0.15) is 30.5 Å². The van der Waals surface area contributed by atoms with Crippen LogP contribution in [0.2, 0.25) is 0 Å².